The first kappa shape index (κ1) is 16.1. The summed E-state index contributed by atoms with van der Waals surface area (Å²) in [5, 5.41) is 0.870. The highest BCUT2D eigenvalue weighted by Gasteiger charge is 2.19. The molecule has 7 heteroatoms. The molecule has 0 amide bonds. The Morgan fingerprint density at radius 2 is 2.20 bits per heavy atom. The molecule has 2 rings (SSSR count). The highest BCUT2D eigenvalue weighted by Crippen LogP contribution is 2.25. The molecular formula is C13H19ClN2O2S2. The summed E-state index contributed by atoms with van der Waals surface area (Å²) in [5.74, 6) is 1.12. The molecule has 1 aromatic carbocycles. The fraction of sp³-hybridized carbons (Fsp3) is 0.538. The summed E-state index contributed by atoms with van der Waals surface area (Å²) in [6.45, 7) is 0.703. The van der Waals surface area contributed by atoms with Crippen LogP contribution in [0.4, 0.5) is 0 Å². The molecule has 0 bridgehead atoms. The van der Waals surface area contributed by atoms with Gasteiger partial charge < -0.3 is 5.73 Å². The zero-order valence-electron chi connectivity index (χ0n) is 11.1. The fourth-order valence-corrected chi connectivity index (χ4v) is 4.80. The molecule has 1 unspecified atom stereocenters. The van der Waals surface area contributed by atoms with E-state index in [4.69, 9.17) is 17.3 Å². The fourth-order valence-electron chi connectivity index (χ4n) is 2.13. The van der Waals surface area contributed by atoms with Crippen molar-refractivity contribution in [2.45, 2.75) is 36.0 Å². The summed E-state index contributed by atoms with van der Waals surface area (Å²) in [7, 11) is -3.49. The topological polar surface area (TPSA) is 72.2 Å². The summed E-state index contributed by atoms with van der Waals surface area (Å²) in [6, 6.07) is 4.63. The second-order valence-electron chi connectivity index (χ2n) is 4.80. The second-order valence-corrected chi connectivity index (χ2v) is 8.38. The molecule has 1 aliphatic rings. The number of benzene rings is 1. The molecule has 1 atom stereocenters. The van der Waals surface area contributed by atoms with Crippen LogP contribution >= 0.6 is 23.4 Å². The molecule has 1 saturated heterocycles. The van der Waals surface area contributed by atoms with Crippen LogP contribution in [0.1, 0.15) is 24.8 Å². The number of sulfonamides is 1. The number of nitrogens with two attached hydrogens (primary N) is 1. The van der Waals surface area contributed by atoms with Crippen LogP contribution in [-0.2, 0) is 16.6 Å². The van der Waals surface area contributed by atoms with Gasteiger partial charge in [-0.1, -0.05) is 18.0 Å². The molecule has 0 radical (unpaired) electrons. The van der Waals surface area contributed by atoms with Crippen molar-refractivity contribution in [2.75, 3.05) is 12.3 Å². The van der Waals surface area contributed by atoms with Crippen LogP contribution in [0.2, 0.25) is 5.02 Å². The van der Waals surface area contributed by atoms with Gasteiger partial charge in [0.15, 0.2) is 0 Å². The van der Waals surface area contributed by atoms with Crippen LogP contribution in [-0.4, -0.2) is 26.0 Å². The molecule has 112 valence electrons. The minimum atomic E-state index is -3.49. The molecule has 0 saturated carbocycles. The molecule has 1 aromatic rings. The maximum atomic E-state index is 12.3. The van der Waals surface area contributed by atoms with Crippen LogP contribution in [0.3, 0.4) is 0 Å². The van der Waals surface area contributed by atoms with Crippen molar-refractivity contribution in [3.8, 4) is 0 Å². The Kier molecular flexibility index (Phi) is 5.74. The Balaban J connectivity index is 2.05. The van der Waals surface area contributed by atoms with Crippen LogP contribution in [0.5, 0.6) is 0 Å². The molecule has 20 heavy (non-hydrogen) atoms. The van der Waals surface area contributed by atoms with Gasteiger partial charge in [0, 0.05) is 23.4 Å². The lowest BCUT2D eigenvalue weighted by Crippen LogP contribution is -2.32. The van der Waals surface area contributed by atoms with Crippen LogP contribution in [0.25, 0.3) is 0 Å². The second kappa shape index (κ2) is 7.13. The van der Waals surface area contributed by atoms with Crippen molar-refractivity contribution in [3.05, 3.63) is 28.8 Å². The molecule has 3 N–H and O–H groups in total. The Hall–Kier alpha value is -0.270. The first-order valence-electron chi connectivity index (χ1n) is 6.62. The van der Waals surface area contributed by atoms with E-state index in [0.29, 0.717) is 22.4 Å². The molecule has 1 fully saturated rings. The van der Waals surface area contributed by atoms with Crippen molar-refractivity contribution in [3.63, 3.8) is 0 Å². The third-order valence-electron chi connectivity index (χ3n) is 3.32. The Bertz CT molecular complexity index is 557. The van der Waals surface area contributed by atoms with Gasteiger partial charge in [0.05, 0.1) is 4.90 Å². The van der Waals surface area contributed by atoms with E-state index < -0.39 is 10.0 Å². The standard InChI is InChI=1S/C13H19ClN2O2S2/c14-13-5-4-12(7-10(13)8-15)20(17,18)16-9-11-3-1-2-6-19-11/h4-5,7,11,16H,1-3,6,8-9,15H2. The van der Waals surface area contributed by atoms with Crippen molar-refractivity contribution in [1.82, 2.24) is 4.72 Å². The quantitative estimate of drug-likeness (QED) is 0.867. The van der Waals surface area contributed by atoms with Gasteiger partial charge in [-0.25, -0.2) is 13.1 Å². The van der Waals surface area contributed by atoms with Gasteiger partial charge in [-0.2, -0.15) is 11.8 Å². The highest BCUT2D eigenvalue weighted by molar-refractivity contribution is 8.00. The third-order valence-corrected chi connectivity index (χ3v) is 6.51. The van der Waals surface area contributed by atoms with Gasteiger partial charge in [-0.15, -0.1) is 0 Å². The van der Waals surface area contributed by atoms with Gasteiger partial charge >= 0.3 is 0 Å². The van der Waals surface area contributed by atoms with E-state index in [0.717, 1.165) is 12.2 Å². The average molecular weight is 335 g/mol. The molecule has 0 spiro atoms. The largest absolute Gasteiger partial charge is 0.326 e. The molecule has 0 aliphatic carbocycles. The van der Waals surface area contributed by atoms with Crippen molar-refractivity contribution >= 4 is 33.4 Å². The summed E-state index contributed by atoms with van der Waals surface area (Å²) in [6.07, 6.45) is 3.48. The average Bonchev–Trinajstić information content (AvgIpc) is 2.46. The van der Waals surface area contributed by atoms with Crippen LogP contribution in [0, 0.1) is 0 Å². The Morgan fingerprint density at radius 3 is 2.85 bits per heavy atom. The summed E-state index contributed by atoms with van der Waals surface area (Å²) >= 11 is 7.79. The molecule has 1 aliphatic heterocycles. The van der Waals surface area contributed by atoms with Crippen molar-refractivity contribution < 1.29 is 8.42 Å². The smallest absolute Gasteiger partial charge is 0.240 e. The number of thioether (sulfide) groups is 1. The van der Waals surface area contributed by atoms with Gasteiger partial charge in [-0.3, -0.25) is 0 Å². The number of halogens is 1. The van der Waals surface area contributed by atoms with E-state index in [2.05, 4.69) is 4.72 Å². The Morgan fingerprint density at radius 1 is 1.40 bits per heavy atom. The van der Waals surface area contributed by atoms with E-state index in [1.54, 1.807) is 12.1 Å². The first-order valence-corrected chi connectivity index (χ1v) is 9.53. The number of rotatable bonds is 5. The number of hydrogen-bond donors (Lipinski definition) is 2. The van der Waals surface area contributed by atoms with Gasteiger partial charge in [0.1, 0.15) is 0 Å². The molecular weight excluding hydrogens is 316 g/mol. The predicted molar refractivity (Wildman–Crippen MR) is 84.6 cm³/mol. The molecule has 4 nitrogen and oxygen atoms in total. The Labute approximate surface area is 129 Å². The van der Waals surface area contributed by atoms with E-state index in [1.807, 2.05) is 11.8 Å². The van der Waals surface area contributed by atoms with Crippen molar-refractivity contribution in [2.24, 2.45) is 5.73 Å². The predicted octanol–water partition coefficient (Wildman–Crippen LogP) is 2.36. The highest BCUT2D eigenvalue weighted by atomic mass is 35.5. The molecule has 1 heterocycles. The van der Waals surface area contributed by atoms with Gasteiger partial charge in [0.2, 0.25) is 10.0 Å². The SMILES string of the molecule is NCc1cc(S(=O)(=O)NCC2CCCCS2)ccc1Cl. The normalized spacial score (nSPS) is 20.0. The zero-order chi connectivity index (χ0) is 14.6. The summed E-state index contributed by atoms with van der Waals surface area (Å²) < 4.78 is 27.2. The van der Waals surface area contributed by atoms with Gasteiger partial charge in [-0.05, 0) is 42.4 Å². The van der Waals surface area contributed by atoms with E-state index in [9.17, 15) is 8.42 Å². The maximum absolute atomic E-state index is 12.3. The summed E-state index contributed by atoms with van der Waals surface area (Å²) in [5.41, 5.74) is 6.19. The maximum Gasteiger partial charge on any atom is 0.240 e. The lowest BCUT2D eigenvalue weighted by atomic mass is 10.2. The van der Waals surface area contributed by atoms with Crippen molar-refractivity contribution in [1.29, 1.82) is 0 Å². The minimum Gasteiger partial charge on any atom is -0.326 e. The molecule has 0 aromatic heterocycles. The lowest BCUT2D eigenvalue weighted by Gasteiger charge is -2.21. The number of hydrogen-bond acceptors (Lipinski definition) is 4. The van der Waals surface area contributed by atoms with E-state index in [-0.39, 0.29) is 11.4 Å². The minimum absolute atomic E-state index is 0.223. The monoisotopic (exact) mass is 334 g/mol. The third kappa shape index (κ3) is 4.11. The summed E-state index contributed by atoms with van der Waals surface area (Å²) in [4.78, 5) is 0.225. The first-order chi connectivity index (χ1) is 9.53. The van der Waals surface area contributed by atoms with Crippen LogP contribution < -0.4 is 10.5 Å². The van der Waals surface area contributed by atoms with Gasteiger partial charge in [0.25, 0.3) is 0 Å². The van der Waals surface area contributed by atoms with E-state index >= 15 is 0 Å². The van der Waals surface area contributed by atoms with E-state index in [1.165, 1.54) is 18.9 Å². The lowest BCUT2D eigenvalue weighted by molar-refractivity contribution is 0.573. The number of nitrogens with one attached hydrogen (secondary N) is 1. The zero-order valence-corrected chi connectivity index (χ0v) is 13.5. The van der Waals surface area contributed by atoms with Crippen LogP contribution in [0.15, 0.2) is 23.1 Å².